The van der Waals surface area contributed by atoms with Crippen LogP contribution in [0, 0.1) is 0 Å². The van der Waals surface area contributed by atoms with Gasteiger partial charge in [0, 0.05) is 13.0 Å². The lowest BCUT2D eigenvalue weighted by atomic mass is 10.1. The van der Waals surface area contributed by atoms with Gasteiger partial charge >= 0.3 is 41.9 Å². The number of nitrogens with zero attached hydrogens (tertiary/aromatic N) is 4. The number of unbranched alkanes of at least 4 members (excludes halogenated alkanes) is 10. The van der Waals surface area contributed by atoms with E-state index < -0.39 is 80.2 Å². The largest absolute Gasteiger partial charge is 0.480 e. The number of carbonyl (C=O) groups is 7. The Morgan fingerprint density at radius 1 is 0.571 bits per heavy atom. The van der Waals surface area contributed by atoms with Crippen molar-refractivity contribution in [2.24, 2.45) is 0 Å². The van der Waals surface area contributed by atoms with E-state index in [1.165, 1.54) is 9.80 Å². The summed E-state index contributed by atoms with van der Waals surface area (Å²) in [5, 5.41) is 18.1. The molecule has 1 amide bonds. The fourth-order valence-corrected chi connectivity index (χ4v) is 5.87. The summed E-state index contributed by atoms with van der Waals surface area (Å²) in [6.07, 6.45) is 10.5. The number of rotatable bonds is 32. The molecule has 1 aliphatic heterocycles. The molecule has 0 saturated carbocycles. The number of esters is 4. The van der Waals surface area contributed by atoms with Gasteiger partial charge in [-0.2, -0.15) is 0 Å². The number of aliphatic carboxylic acids is 2. The molecule has 2 atom stereocenters. The zero-order valence-electron chi connectivity index (χ0n) is 33.9. The standard InChI is InChI=1S/C38H66N4O14/c1-5-7-9-11-13-15-18-52-34(47)25-41(26-35(48)53-19-16-14-12-10-8-6-2)28-37(50)56-31-21-30(42(22-31)38(51)54-20-17-39(3)4)29-55-36(49)27-40(23-32(43)44)24-33(45)46/h30-31H,5-29H2,1-4H3,(H,43,44)(H,45,46)/t30-,31+/m0/s1. The van der Waals surface area contributed by atoms with E-state index in [2.05, 4.69) is 13.8 Å². The quantitative estimate of drug-likeness (QED) is 0.0568. The second kappa shape index (κ2) is 30.2. The second-order valence-electron chi connectivity index (χ2n) is 14.3. The van der Waals surface area contributed by atoms with Crippen molar-refractivity contribution < 1.29 is 67.5 Å². The van der Waals surface area contributed by atoms with Crippen molar-refractivity contribution in [2.45, 2.75) is 109 Å². The van der Waals surface area contributed by atoms with E-state index in [1.807, 2.05) is 4.90 Å². The summed E-state index contributed by atoms with van der Waals surface area (Å²) in [5.74, 6) is -5.57. The van der Waals surface area contributed by atoms with Gasteiger partial charge in [0.15, 0.2) is 0 Å². The van der Waals surface area contributed by atoms with Gasteiger partial charge in [-0.25, -0.2) is 4.79 Å². The highest BCUT2D eigenvalue weighted by Gasteiger charge is 2.39. The summed E-state index contributed by atoms with van der Waals surface area (Å²) in [4.78, 5) is 91.8. The third kappa shape index (κ3) is 25.2. The van der Waals surface area contributed by atoms with E-state index in [0.717, 1.165) is 69.1 Å². The first-order valence-electron chi connectivity index (χ1n) is 19.9. The summed E-state index contributed by atoms with van der Waals surface area (Å²) >= 11 is 0. The van der Waals surface area contributed by atoms with Gasteiger partial charge in [-0.15, -0.1) is 0 Å². The minimum absolute atomic E-state index is 0.0381. The van der Waals surface area contributed by atoms with Crippen molar-refractivity contribution in [3.63, 3.8) is 0 Å². The van der Waals surface area contributed by atoms with Crippen LogP contribution in [0.4, 0.5) is 4.79 Å². The monoisotopic (exact) mass is 802 g/mol. The van der Waals surface area contributed by atoms with Crippen molar-refractivity contribution in [1.82, 2.24) is 19.6 Å². The molecule has 0 aliphatic carbocycles. The predicted molar refractivity (Wildman–Crippen MR) is 203 cm³/mol. The van der Waals surface area contributed by atoms with Crippen LogP contribution in [0.5, 0.6) is 0 Å². The Balaban J connectivity index is 2.91. The Hall–Kier alpha value is -4.03. The smallest absolute Gasteiger partial charge is 0.410 e. The Bertz CT molecular complexity index is 1160. The Morgan fingerprint density at radius 3 is 1.50 bits per heavy atom. The topological polar surface area (TPSA) is 219 Å². The lowest BCUT2D eigenvalue weighted by Crippen LogP contribution is -2.42. The van der Waals surface area contributed by atoms with Crippen molar-refractivity contribution in [3.8, 4) is 0 Å². The molecule has 18 heteroatoms. The molecule has 0 aromatic rings. The molecule has 0 spiro atoms. The van der Waals surface area contributed by atoms with Gasteiger partial charge < -0.3 is 38.8 Å². The van der Waals surface area contributed by atoms with E-state index in [4.69, 9.17) is 33.9 Å². The van der Waals surface area contributed by atoms with Gasteiger partial charge in [0.05, 0.1) is 65.1 Å². The van der Waals surface area contributed by atoms with Crippen LogP contribution in [-0.4, -0.2) is 177 Å². The molecule has 1 saturated heterocycles. The molecular formula is C38H66N4O14. The lowest BCUT2D eigenvalue weighted by molar-refractivity contribution is -0.155. The fraction of sp³-hybridized carbons (Fsp3) is 0.816. The van der Waals surface area contributed by atoms with E-state index >= 15 is 0 Å². The molecule has 1 aliphatic rings. The Morgan fingerprint density at radius 2 is 1.02 bits per heavy atom. The highest BCUT2D eigenvalue weighted by Crippen LogP contribution is 2.22. The summed E-state index contributed by atoms with van der Waals surface area (Å²) in [5.41, 5.74) is 0. The van der Waals surface area contributed by atoms with Gasteiger partial charge in [-0.3, -0.25) is 43.5 Å². The molecule has 0 unspecified atom stereocenters. The Labute approximate surface area is 331 Å². The predicted octanol–water partition coefficient (Wildman–Crippen LogP) is 2.79. The third-order valence-corrected chi connectivity index (χ3v) is 8.76. The number of likely N-dealkylation sites (N-methyl/N-ethyl adjacent to an activating group) is 1. The average Bonchev–Trinajstić information content (AvgIpc) is 3.51. The number of amides is 1. The van der Waals surface area contributed by atoms with Gasteiger partial charge in [0.25, 0.3) is 0 Å². The first-order valence-corrected chi connectivity index (χ1v) is 19.9. The number of carbonyl (C=O) groups excluding carboxylic acids is 5. The fourth-order valence-electron chi connectivity index (χ4n) is 5.87. The van der Waals surface area contributed by atoms with Gasteiger partial charge in [0.1, 0.15) is 19.3 Å². The zero-order valence-corrected chi connectivity index (χ0v) is 33.9. The van der Waals surface area contributed by atoms with Gasteiger partial charge in [0.2, 0.25) is 0 Å². The molecule has 1 heterocycles. The normalized spacial score (nSPS) is 15.2. The highest BCUT2D eigenvalue weighted by molar-refractivity contribution is 5.79. The van der Waals surface area contributed by atoms with Gasteiger partial charge in [-0.05, 0) is 26.9 Å². The minimum atomic E-state index is -1.33. The minimum Gasteiger partial charge on any atom is -0.480 e. The van der Waals surface area contributed by atoms with Crippen LogP contribution >= 0.6 is 0 Å². The van der Waals surface area contributed by atoms with Crippen molar-refractivity contribution in [1.29, 1.82) is 0 Å². The van der Waals surface area contributed by atoms with Crippen molar-refractivity contribution >= 4 is 41.9 Å². The maximum absolute atomic E-state index is 13.2. The maximum Gasteiger partial charge on any atom is 0.410 e. The van der Waals surface area contributed by atoms with E-state index in [9.17, 15) is 33.6 Å². The van der Waals surface area contributed by atoms with Crippen LogP contribution in [0.25, 0.3) is 0 Å². The average molecular weight is 803 g/mol. The summed E-state index contributed by atoms with van der Waals surface area (Å²) in [6.45, 7) is 1.49. The number of hydrogen-bond donors (Lipinski definition) is 2. The molecule has 0 aromatic heterocycles. The molecule has 0 radical (unpaired) electrons. The van der Waals surface area contributed by atoms with E-state index in [1.54, 1.807) is 14.1 Å². The first-order chi connectivity index (χ1) is 26.7. The number of carboxylic acids is 2. The SMILES string of the molecule is CCCCCCCCOC(=O)CN(CC(=O)OCCCCCCCC)CC(=O)O[C@@H]1C[C@@H](COC(=O)CN(CC(=O)O)CC(=O)O)N(C(=O)OCCN(C)C)C1. The zero-order chi connectivity index (χ0) is 41.7. The molecular weight excluding hydrogens is 736 g/mol. The van der Waals surface area contributed by atoms with Crippen LogP contribution in [0.15, 0.2) is 0 Å². The van der Waals surface area contributed by atoms with Crippen LogP contribution in [0.2, 0.25) is 0 Å². The number of ether oxygens (including phenoxy) is 5. The summed E-state index contributed by atoms with van der Waals surface area (Å²) in [7, 11) is 3.60. The molecule has 0 bridgehead atoms. The lowest BCUT2D eigenvalue weighted by Gasteiger charge is -2.24. The maximum atomic E-state index is 13.2. The first kappa shape index (κ1) is 50.0. The molecule has 0 aromatic carbocycles. The number of hydrogen-bond acceptors (Lipinski definition) is 15. The summed E-state index contributed by atoms with van der Waals surface area (Å²) in [6, 6.07) is -0.805. The van der Waals surface area contributed by atoms with Crippen molar-refractivity contribution in [3.05, 3.63) is 0 Å². The van der Waals surface area contributed by atoms with E-state index in [0.29, 0.717) is 19.4 Å². The molecule has 1 fully saturated rings. The Kier molecular flexibility index (Phi) is 26.9. The second-order valence-corrected chi connectivity index (χ2v) is 14.3. The molecule has 1 rings (SSSR count). The summed E-state index contributed by atoms with van der Waals surface area (Å²) < 4.78 is 27.1. The highest BCUT2D eigenvalue weighted by atomic mass is 16.6. The number of carboxylic acid groups (broad SMARTS) is 2. The van der Waals surface area contributed by atoms with Crippen LogP contribution in [0.3, 0.4) is 0 Å². The van der Waals surface area contributed by atoms with Crippen molar-refractivity contribution in [2.75, 3.05) is 92.9 Å². The van der Waals surface area contributed by atoms with Crippen LogP contribution in [-0.2, 0) is 52.5 Å². The molecule has 322 valence electrons. The third-order valence-electron chi connectivity index (χ3n) is 8.76. The molecule has 18 nitrogen and oxygen atoms in total. The van der Waals surface area contributed by atoms with Crippen LogP contribution < -0.4 is 0 Å². The van der Waals surface area contributed by atoms with Crippen LogP contribution in [0.1, 0.15) is 97.3 Å². The number of likely N-dealkylation sites (tertiary alicyclic amines) is 1. The molecule has 2 N–H and O–H groups in total. The van der Waals surface area contributed by atoms with E-state index in [-0.39, 0.29) is 52.5 Å². The molecule has 56 heavy (non-hydrogen) atoms. The van der Waals surface area contributed by atoms with Gasteiger partial charge in [-0.1, -0.05) is 78.1 Å².